The van der Waals surface area contributed by atoms with Gasteiger partial charge in [0.1, 0.15) is 0 Å². The Bertz CT molecular complexity index is 890. The largest absolute Gasteiger partial charge is 0.396 e. The van der Waals surface area contributed by atoms with Crippen molar-refractivity contribution >= 4 is 16.9 Å². The van der Waals surface area contributed by atoms with Gasteiger partial charge in [-0.15, -0.1) is 0 Å². The van der Waals surface area contributed by atoms with Gasteiger partial charge in [-0.3, -0.25) is 9.98 Å². The van der Waals surface area contributed by atoms with Gasteiger partial charge in [0, 0.05) is 30.6 Å². The molecule has 0 spiro atoms. The fraction of sp³-hybridized carbons (Fsp3) is 0.304. The number of aliphatic hydroxyl groups excluding tert-OH is 1. The molecule has 1 heterocycles. The Kier molecular flexibility index (Phi) is 7.38. The summed E-state index contributed by atoms with van der Waals surface area (Å²) in [5.41, 5.74) is 3.38. The highest BCUT2D eigenvalue weighted by atomic mass is 16.3. The number of fused-ring (bicyclic) bond motifs is 1. The standard InChI is InChI=1S/C23H28N4O/c1-2-24-23(27-16-21(17-28)18-8-4-3-5-9-18)26-15-13-20-11-6-10-19-12-7-14-25-22(19)20/h3-12,14,21,28H,2,13,15-17H2,1H3,(H2,24,26,27). The maximum Gasteiger partial charge on any atom is 0.191 e. The molecule has 0 saturated heterocycles. The summed E-state index contributed by atoms with van der Waals surface area (Å²) in [5.74, 6) is 0.768. The van der Waals surface area contributed by atoms with Gasteiger partial charge in [-0.05, 0) is 30.5 Å². The second-order valence-electron chi connectivity index (χ2n) is 6.68. The number of hydrogen-bond acceptors (Lipinski definition) is 3. The average Bonchev–Trinajstić information content (AvgIpc) is 2.75. The number of nitrogens with zero attached hydrogens (tertiary/aromatic N) is 2. The summed E-state index contributed by atoms with van der Waals surface area (Å²) in [6.07, 6.45) is 2.70. The normalized spacial score (nSPS) is 12.7. The fourth-order valence-electron chi connectivity index (χ4n) is 3.22. The van der Waals surface area contributed by atoms with Crippen LogP contribution < -0.4 is 10.6 Å². The number of aliphatic imine (C=N–C) groups is 1. The van der Waals surface area contributed by atoms with Crippen LogP contribution in [-0.2, 0) is 6.42 Å². The number of guanidine groups is 1. The zero-order valence-corrected chi connectivity index (χ0v) is 16.3. The lowest BCUT2D eigenvalue weighted by Gasteiger charge is -2.15. The first-order valence-corrected chi connectivity index (χ1v) is 9.82. The van der Waals surface area contributed by atoms with Crippen LogP contribution >= 0.6 is 0 Å². The SMILES string of the molecule is CCNC(=NCC(CO)c1ccccc1)NCCc1cccc2cccnc12. The Balaban J connectivity index is 1.61. The van der Waals surface area contributed by atoms with Crippen LogP contribution in [0.3, 0.4) is 0 Å². The number of aliphatic hydroxyl groups is 1. The third-order valence-electron chi connectivity index (χ3n) is 4.71. The second kappa shape index (κ2) is 10.4. The molecule has 0 amide bonds. The van der Waals surface area contributed by atoms with Crippen molar-refractivity contribution in [2.45, 2.75) is 19.3 Å². The zero-order valence-electron chi connectivity index (χ0n) is 16.3. The Morgan fingerprint density at radius 1 is 1.04 bits per heavy atom. The van der Waals surface area contributed by atoms with E-state index in [9.17, 15) is 5.11 Å². The molecule has 1 unspecified atom stereocenters. The predicted molar refractivity (Wildman–Crippen MR) is 116 cm³/mol. The molecule has 3 rings (SSSR count). The molecule has 0 aliphatic carbocycles. The van der Waals surface area contributed by atoms with E-state index in [1.807, 2.05) is 49.5 Å². The number of benzene rings is 2. The topological polar surface area (TPSA) is 69.5 Å². The number of para-hydroxylation sites is 1. The molecule has 0 bridgehead atoms. The third-order valence-corrected chi connectivity index (χ3v) is 4.71. The summed E-state index contributed by atoms with van der Waals surface area (Å²) in [6.45, 7) is 4.21. The Hall–Kier alpha value is -2.92. The van der Waals surface area contributed by atoms with Crippen molar-refractivity contribution in [3.63, 3.8) is 0 Å². The van der Waals surface area contributed by atoms with Crippen LogP contribution in [0.2, 0.25) is 0 Å². The van der Waals surface area contributed by atoms with Crippen molar-refractivity contribution in [2.24, 2.45) is 4.99 Å². The minimum absolute atomic E-state index is 0.000997. The van der Waals surface area contributed by atoms with Crippen LogP contribution in [0.5, 0.6) is 0 Å². The molecular weight excluding hydrogens is 348 g/mol. The zero-order chi connectivity index (χ0) is 19.6. The van der Waals surface area contributed by atoms with Gasteiger partial charge in [-0.25, -0.2) is 0 Å². The quantitative estimate of drug-likeness (QED) is 0.417. The van der Waals surface area contributed by atoms with E-state index in [2.05, 4.69) is 44.9 Å². The molecule has 0 aliphatic heterocycles. The maximum absolute atomic E-state index is 9.73. The Morgan fingerprint density at radius 3 is 2.64 bits per heavy atom. The molecule has 146 valence electrons. The van der Waals surface area contributed by atoms with Crippen LogP contribution in [-0.4, -0.2) is 42.3 Å². The summed E-state index contributed by atoms with van der Waals surface area (Å²) in [4.78, 5) is 9.19. The van der Waals surface area contributed by atoms with Crippen LogP contribution in [0.4, 0.5) is 0 Å². The van der Waals surface area contributed by atoms with Crippen molar-refractivity contribution in [1.29, 1.82) is 0 Å². The van der Waals surface area contributed by atoms with Gasteiger partial charge < -0.3 is 15.7 Å². The van der Waals surface area contributed by atoms with Crippen molar-refractivity contribution in [1.82, 2.24) is 15.6 Å². The van der Waals surface area contributed by atoms with Crippen molar-refractivity contribution in [3.05, 3.63) is 78.0 Å². The van der Waals surface area contributed by atoms with E-state index < -0.39 is 0 Å². The van der Waals surface area contributed by atoms with Gasteiger partial charge in [0.2, 0.25) is 0 Å². The lowest BCUT2D eigenvalue weighted by molar-refractivity contribution is 0.268. The highest BCUT2D eigenvalue weighted by Gasteiger charge is 2.10. The molecular formula is C23H28N4O. The third kappa shape index (κ3) is 5.30. The molecule has 1 aromatic heterocycles. The van der Waals surface area contributed by atoms with E-state index in [0.717, 1.165) is 41.9 Å². The van der Waals surface area contributed by atoms with Crippen LogP contribution in [0.25, 0.3) is 10.9 Å². The molecule has 1 atom stereocenters. The Morgan fingerprint density at radius 2 is 1.86 bits per heavy atom. The fourth-order valence-corrected chi connectivity index (χ4v) is 3.22. The summed E-state index contributed by atoms with van der Waals surface area (Å²) in [5, 5.41) is 17.6. The van der Waals surface area contributed by atoms with E-state index >= 15 is 0 Å². The smallest absolute Gasteiger partial charge is 0.191 e. The summed E-state index contributed by atoms with van der Waals surface area (Å²) in [6, 6.07) is 20.4. The molecule has 0 fully saturated rings. The van der Waals surface area contributed by atoms with E-state index in [4.69, 9.17) is 0 Å². The van der Waals surface area contributed by atoms with Gasteiger partial charge in [0.15, 0.2) is 5.96 Å². The number of pyridine rings is 1. The van der Waals surface area contributed by atoms with E-state index in [-0.39, 0.29) is 12.5 Å². The highest BCUT2D eigenvalue weighted by molar-refractivity contribution is 5.82. The lowest BCUT2D eigenvalue weighted by Crippen LogP contribution is -2.38. The first-order chi connectivity index (χ1) is 13.8. The van der Waals surface area contributed by atoms with Crippen LogP contribution in [0, 0.1) is 0 Å². The highest BCUT2D eigenvalue weighted by Crippen LogP contribution is 2.16. The molecule has 5 heteroatoms. The van der Waals surface area contributed by atoms with Gasteiger partial charge in [-0.2, -0.15) is 0 Å². The molecule has 0 saturated carbocycles. The summed E-state index contributed by atoms with van der Waals surface area (Å²) < 4.78 is 0. The predicted octanol–water partition coefficient (Wildman–Crippen LogP) is 3.11. The van der Waals surface area contributed by atoms with Gasteiger partial charge in [0.05, 0.1) is 18.7 Å². The van der Waals surface area contributed by atoms with Crippen LogP contribution in [0.15, 0.2) is 71.9 Å². The number of aromatic nitrogens is 1. The monoisotopic (exact) mass is 376 g/mol. The second-order valence-corrected chi connectivity index (χ2v) is 6.68. The van der Waals surface area contributed by atoms with E-state index in [0.29, 0.717) is 6.54 Å². The minimum Gasteiger partial charge on any atom is -0.396 e. The molecule has 2 aromatic carbocycles. The molecule has 5 nitrogen and oxygen atoms in total. The maximum atomic E-state index is 9.73. The average molecular weight is 377 g/mol. The lowest BCUT2D eigenvalue weighted by atomic mass is 10.0. The number of nitrogens with one attached hydrogen (secondary N) is 2. The number of hydrogen-bond donors (Lipinski definition) is 3. The first kappa shape index (κ1) is 19.8. The summed E-state index contributed by atoms with van der Waals surface area (Å²) in [7, 11) is 0. The van der Waals surface area contributed by atoms with E-state index in [1.54, 1.807) is 0 Å². The van der Waals surface area contributed by atoms with Gasteiger partial charge in [0.25, 0.3) is 0 Å². The molecule has 3 N–H and O–H groups in total. The first-order valence-electron chi connectivity index (χ1n) is 9.82. The summed E-state index contributed by atoms with van der Waals surface area (Å²) >= 11 is 0. The number of rotatable bonds is 8. The molecule has 3 aromatic rings. The van der Waals surface area contributed by atoms with Crippen molar-refractivity contribution < 1.29 is 5.11 Å². The van der Waals surface area contributed by atoms with E-state index in [1.165, 1.54) is 5.56 Å². The van der Waals surface area contributed by atoms with Crippen LogP contribution in [0.1, 0.15) is 24.0 Å². The Labute approximate surface area is 166 Å². The molecule has 0 aliphatic rings. The molecule has 0 radical (unpaired) electrons. The molecule has 28 heavy (non-hydrogen) atoms. The van der Waals surface area contributed by atoms with Crippen molar-refractivity contribution in [2.75, 3.05) is 26.2 Å². The minimum atomic E-state index is -0.000997. The van der Waals surface area contributed by atoms with Gasteiger partial charge in [-0.1, -0.05) is 54.6 Å². The van der Waals surface area contributed by atoms with Crippen molar-refractivity contribution in [3.8, 4) is 0 Å². The van der Waals surface area contributed by atoms with Gasteiger partial charge >= 0.3 is 0 Å².